The molecule has 17 heavy (non-hydrogen) atoms. The van der Waals surface area contributed by atoms with E-state index < -0.39 is 0 Å². The molecule has 1 heterocycles. The van der Waals surface area contributed by atoms with Gasteiger partial charge in [0, 0.05) is 6.04 Å². The minimum atomic E-state index is 0.376. The first-order valence-corrected chi connectivity index (χ1v) is 6.26. The number of benzene rings is 1. The molecule has 1 unspecified atom stereocenters. The molecule has 2 rings (SSSR count). The van der Waals surface area contributed by atoms with Gasteiger partial charge in [-0.3, -0.25) is 5.10 Å². The quantitative estimate of drug-likeness (QED) is 0.840. The van der Waals surface area contributed by atoms with Gasteiger partial charge < -0.3 is 4.57 Å². The van der Waals surface area contributed by atoms with Crippen molar-refractivity contribution in [3.8, 4) is 0 Å². The van der Waals surface area contributed by atoms with E-state index >= 15 is 0 Å². The molecule has 1 N–H and O–H groups in total. The molecule has 0 fully saturated rings. The van der Waals surface area contributed by atoms with Gasteiger partial charge in [0.15, 0.2) is 4.77 Å². The van der Waals surface area contributed by atoms with Crippen molar-refractivity contribution < 1.29 is 0 Å². The zero-order chi connectivity index (χ0) is 12.3. The van der Waals surface area contributed by atoms with Gasteiger partial charge in [0.2, 0.25) is 0 Å². The van der Waals surface area contributed by atoms with Crippen LogP contribution in [0.1, 0.15) is 30.8 Å². The third-order valence-corrected chi connectivity index (χ3v) is 3.30. The van der Waals surface area contributed by atoms with Crippen molar-refractivity contribution in [2.45, 2.75) is 32.7 Å². The highest BCUT2D eigenvalue weighted by molar-refractivity contribution is 7.71. The number of H-pyrrole nitrogens is 1. The number of aromatic amines is 1. The average Bonchev–Trinajstić information content (AvgIpc) is 2.67. The molecule has 0 bridgehead atoms. The second-order valence-electron chi connectivity index (χ2n) is 4.32. The molecule has 0 aliphatic rings. The molecule has 0 saturated carbocycles. The van der Waals surface area contributed by atoms with Crippen molar-refractivity contribution in [1.82, 2.24) is 14.8 Å². The van der Waals surface area contributed by atoms with Gasteiger partial charge in [-0.25, -0.2) is 0 Å². The SMILES string of the molecule is Cc1n[nH]c(=S)n1C(C)CCc1ccccc1. The number of aromatic nitrogens is 3. The first-order valence-electron chi connectivity index (χ1n) is 5.86. The van der Waals surface area contributed by atoms with Crippen LogP contribution in [0.3, 0.4) is 0 Å². The van der Waals surface area contributed by atoms with Gasteiger partial charge in [-0.05, 0) is 44.5 Å². The minimum Gasteiger partial charge on any atom is -0.302 e. The van der Waals surface area contributed by atoms with Crippen molar-refractivity contribution in [3.63, 3.8) is 0 Å². The van der Waals surface area contributed by atoms with Crippen molar-refractivity contribution in [2.24, 2.45) is 0 Å². The summed E-state index contributed by atoms with van der Waals surface area (Å²) in [5.41, 5.74) is 1.37. The van der Waals surface area contributed by atoms with Crippen LogP contribution in [-0.4, -0.2) is 14.8 Å². The van der Waals surface area contributed by atoms with E-state index in [1.165, 1.54) is 5.56 Å². The number of aryl methyl sites for hydroxylation is 2. The third kappa shape index (κ3) is 2.82. The fourth-order valence-electron chi connectivity index (χ4n) is 2.05. The minimum absolute atomic E-state index is 0.376. The zero-order valence-electron chi connectivity index (χ0n) is 10.2. The van der Waals surface area contributed by atoms with E-state index in [0.717, 1.165) is 18.7 Å². The Morgan fingerprint density at radius 3 is 2.65 bits per heavy atom. The molecule has 1 aromatic heterocycles. The number of hydrogen-bond acceptors (Lipinski definition) is 2. The van der Waals surface area contributed by atoms with Crippen LogP contribution in [0, 0.1) is 11.7 Å². The Bertz CT molecular complexity index is 527. The molecule has 0 aliphatic heterocycles. The summed E-state index contributed by atoms with van der Waals surface area (Å²) in [6, 6.07) is 10.9. The lowest BCUT2D eigenvalue weighted by molar-refractivity contribution is 0.490. The van der Waals surface area contributed by atoms with Crippen LogP contribution >= 0.6 is 12.2 Å². The lowest BCUT2D eigenvalue weighted by atomic mass is 10.1. The Balaban J connectivity index is 2.03. The van der Waals surface area contributed by atoms with Crippen LogP contribution in [0.5, 0.6) is 0 Å². The van der Waals surface area contributed by atoms with E-state index in [0.29, 0.717) is 10.8 Å². The van der Waals surface area contributed by atoms with Crippen molar-refractivity contribution in [1.29, 1.82) is 0 Å². The van der Waals surface area contributed by atoms with Crippen LogP contribution in [0.2, 0.25) is 0 Å². The average molecular weight is 247 g/mol. The summed E-state index contributed by atoms with van der Waals surface area (Å²) >= 11 is 5.22. The van der Waals surface area contributed by atoms with Crippen LogP contribution < -0.4 is 0 Å². The smallest absolute Gasteiger partial charge is 0.195 e. The maximum atomic E-state index is 5.22. The first-order chi connectivity index (χ1) is 8.18. The molecule has 0 aliphatic carbocycles. The third-order valence-electron chi connectivity index (χ3n) is 3.02. The summed E-state index contributed by atoms with van der Waals surface area (Å²) in [6.07, 6.45) is 2.13. The first kappa shape index (κ1) is 12.0. The summed E-state index contributed by atoms with van der Waals surface area (Å²) in [7, 11) is 0. The topological polar surface area (TPSA) is 33.6 Å². The highest BCUT2D eigenvalue weighted by Crippen LogP contribution is 2.16. The summed E-state index contributed by atoms with van der Waals surface area (Å²) in [5.74, 6) is 0.954. The Kier molecular flexibility index (Phi) is 3.74. The fraction of sp³-hybridized carbons (Fsp3) is 0.385. The molecular weight excluding hydrogens is 230 g/mol. The molecule has 0 amide bonds. The monoisotopic (exact) mass is 247 g/mol. The predicted octanol–water partition coefficient (Wildman–Crippen LogP) is 3.44. The molecule has 0 radical (unpaired) electrons. The van der Waals surface area contributed by atoms with E-state index in [9.17, 15) is 0 Å². The molecule has 4 heteroatoms. The van der Waals surface area contributed by atoms with Crippen LogP contribution in [-0.2, 0) is 6.42 Å². The van der Waals surface area contributed by atoms with Gasteiger partial charge in [-0.15, -0.1) is 0 Å². The second-order valence-corrected chi connectivity index (χ2v) is 4.71. The molecular formula is C13H17N3S. The van der Waals surface area contributed by atoms with Crippen molar-refractivity contribution in [2.75, 3.05) is 0 Å². The summed E-state index contributed by atoms with van der Waals surface area (Å²) in [6.45, 7) is 4.16. The molecule has 90 valence electrons. The number of nitrogens with one attached hydrogen (secondary N) is 1. The van der Waals surface area contributed by atoms with E-state index in [1.807, 2.05) is 13.0 Å². The Hall–Kier alpha value is -1.42. The van der Waals surface area contributed by atoms with Crippen LogP contribution in [0.4, 0.5) is 0 Å². The van der Waals surface area contributed by atoms with Gasteiger partial charge >= 0.3 is 0 Å². The summed E-state index contributed by atoms with van der Waals surface area (Å²) in [4.78, 5) is 0. The molecule has 0 spiro atoms. The summed E-state index contributed by atoms with van der Waals surface area (Å²) in [5, 5.41) is 6.97. The Morgan fingerprint density at radius 1 is 1.35 bits per heavy atom. The molecule has 3 nitrogen and oxygen atoms in total. The predicted molar refractivity (Wildman–Crippen MR) is 71.6 cm³/mol. The Morgan fingerprint density at radius 2 is 2.06 bits per heavy atom. The maximum absolute atomic E-state index is 5.22. The van der Waals surface area contributed by atoms with Crippen LogP contribution in [0.15, 0.2) is 30.3 Å². The fourth-order valence-corrected chi connectivity index (χ4v) is 2.41. The zero-order valence-corrected chi connectivity index (χ0v) is 11.0. The highest BCUT2D eigenvalue weighted by atomic mass is 32.1. The normalized spacial score (nSPS) is 12.6. The van der Waals surface area contributed by atoms with Gasteiger partial charge in [-0.1, -0.05) is 30.3 Å². The van der Waals surface area contributed by atoms with Gasteiger partial charge in [0.05, 0.1) is 0 Å². The lowest BCUT2D eigenvalue weighted by Crippen LogP contribution is -2.08. The molecule has 2 aromatic rings. The van der Waals surface area contributed by atoms with E-state index in [1.54, 1.807) is 0 Å². The molecule has 1 atom stereocenters. The summed E-state index contributed by atoms with van der Waals surface area (Å²) < 4.78 is 2.79. The second kappa shape index (κ2) is 5.27. The van der Waals surface area contributed by atoms with Crippen molar-refractivity contribution in [3.05, 3.63) is 46.5 Å². The number of hydrogen-bond donors (Lipinski definition) is 1. The molecule has 1 aromatic carbocycles. The highest BCUT2D eigenvalue weighted by Gasteiger charge is 2.09. The maximum Gasteiger partial charge on any atom is 0.195 e. The van der Waals surface area contributed by atoms with E-state index in [4.69, 9.17) is 12.2 Å². The lowest BCUT2D eigenvalue weighted by Gasteiger charge is -2.14. The standard InChI is InChI=1S/C13H17N3S/c1-10(16-11(2)14-15-13(16)17)8-9-12-6-4-3-5-7-12/h3-7,10H,8-9H2,1-2H3,(H,15,17). The van der Waals surface area contributed by atoms with E-state index in [-0.39, 0.29) is 0 Å². The number of nitrogens with zero attached hydrogens (tertiary/aromatic N) is 2. The van der Waals surface area contributed by atoms with E-state index in [2.05, 4.69) is 46.0 Å². The van der Waals surface area contributed by atoms with Crippen LogP contribution in [0.25, 0.3) is 0 Å². The number of rotatable bonds is 4. The van der Waals surface area contributed by atoms with Gasteiger partial charge in [-0.2, -0.15) is 5.10 Å². The van der Waals surface area contributed by atoms with Crippen molar-refractivity contribution >= 4 is 12.2 Å². The largest absolute Gasteiger partial charge is 0.302 e. The molecule has 0 saturated heterocycles. The van der Waals surface area contributed by atoms with Gasteiger partial charge in [0.1, 0.15) is 5.82 Å². The van der Waals surface area contributed by atoms with Gasteiger partial charge in [0.25, 0.3) is 0 Å². The Labute approximate surface area is 106 Å².